The SMILES string of the molecule is O=C(CN1C(=O)CCCc2ccccc21)NCCN1CCN(c2cccc(Cl)c2)CC1. The number of aryl methyl sites for hydroxylation is 1. The highest BCUT2D eigenvalue weighted by atomic mass is 35.5. The predicted octanol–water partition coefficient (Wildman–Crippen LogP) is 2.95. The number of benzene rings is 2. The lowest BCUT2D eigenvalue weighted by Gasteiger charge is -2.36. The molecule has 0 unspecified atom stereocenters. The van der Waals surface area contributed by atoms with E-state index in [0.717, 1.165) is 67.5 Å². The molecule has 4 rings (SSSR count). The van der Waals surface area contributed by atoms with Crippen molar-refractivity contribution in [2.24, 2.45) is 0 Å². The van der Waals surface area contributed by atoms with Gasteiger partial charge in [0.2, 0.25) is 11.8 Å². The number of rotatable bonds is 6. The molecule has 1 saturated heterocycles. The molecule has 0 radical (unpaired) electrons. The second kappa shape index (κ2) is 10.2. The molecule has 0 bridgehead atoms. The minimum atomic E-state index is -0.109. The Morgan fingerprint density at radius 3 is 2.61 bits per heavy atom. The molecule has 1 fully saturated rings. The summed E-state index contributed by atoms with van der Waals surface area (Å²) in [6.45, 7) is 5.24. The number of piperazine rings is 1. The highest BCUT2D eigenvalue weighted by Crippen LogP contribution is 2.26. The van der Waals surface area contributed by atoms with Crippen LogP contribution in [0.15, 0.2) is 48.5 Å². The second-order valence-corrected chi connectivity index (χ2v) is 8.56. The average Bonchev–Trinajstić information content (AvgIpc) is 2.93. The molecule has 0 aliphatic carbocycles. The van der Waals surface area contributed by atoms with Gasteiger partial charge in [-0.15, -0.1) is 0 Å². The summed E-state index contributed by atoms with van der Waals surface area (Å²) in [6.07, 6.45) is 2.19. The van der Waals surface area contributed by atoms with Crippen LogP contribution >= 0.6 is 11.6 Å². The fourth-order valence-corrected chi connectivity index (χ4v) is 4.50. The third-order valence-corrected chi connectivity index (χ3v) is 6.25. The minimum Gasteiger partial charge on any atom is -0.369 e. The standard InChI is InChI=1S/C24H29ClN4O2/c25-20-7-4-8-21(17-20)28-15-13-27(14-16-28)12-11-26-23(30)18-29-22-9-2-1-5-19(22)6-3-10-24(29)31/h1-2,4-5,7-9,17H,3,6,10-16,18H2,(H,26,30). The van der Waals surface area contributed by atoms with Gasteiger partial charge >= 0.3 is 0 Å². The van der Waals surface area contributed by atoms with Crippen LogP contribution in [-0.4, -0.2) is 62.5 Å². The fourth-order valence-electron chi connectivity index (χ4n) is 4.31. The molecule has 7 heteroatoms. The lowest BCUT2D eigenvalue weighted by molar-refractivity contribution is -0.123. The number of amides is 2. The van der Waals surface area contributed by atoms with E-state index in [4.69, 9.17) is 11.6 Å². The first-order chi connectivity index (χ1) is 15.1. The van der Waals surface area contributed by atoms with Crippen LogP contribution in [0.2, 0.25) is 5.02 Å². The number of carbonyl (C=O) groups is 2. The van der Waals surface area contributed by atoms with Crippen molar-refractivity contribution in [3.05, 3.63) is 59.1 Å². The quantitative estimate of drug-likeness (QED) is 0.750. The molecule has 2 aromatic rings. The zero-order chi connectivity index (χ0) is 21.6. The van der Waals surface area contributed by atoms with Gasteiger partial charge in [0.05, 0.1) is 0 Å². The van der Waals surface area contributed by atoms with E-state index in [2.05, 4.69) is 21.2 Å². The van der Waals surface area contributed by atoms with Crippen molar-refractivity contribution in [3.63, 3.8) is 0 Å². The molecule has 31 heavy (non-hydrogen) atoms. The van der Waals surface area contributed by atoms with Crippen molar-refractivity contribution < 1.29 is 9.59 Å². The number of carbonyl (C=O) groups excluding carboxylic acids is 2. The molecule has 2 aliphatic heterocycles. The van der Waals surface area contributed by atoms with E-state index in [1.165, 1.54) is 0 Å². The molecule has 0 aromatic heterocycles. The van der Waals surface area contributed by atoms with E-state index in [0.29, 0.717) is 13.0 Å². The van der Waals surface area contributed by atoms with Crippen LogP contribution in [0.25, 0.3) is 0 Å². The van der Waals surface area contributed by atoms with E-state index < -0.39 is 0 Å². The van der Waals surface area contributed by atoms with Gasteiger partial charge < -0.3 is 15.1 Å². The van der Waals surface area contributed by atoms with Crippen molar-refractivity contribution in [1.29, 1.82) is 0 Å². The second-order valence-electron chi connectivity index (χ2n) is 8.12. The molecule has 2 heterocycles. The first-order valence-electron chi connectivity index (χ1n) is 11.0. The van der Waals surface area contributed by atoms with E-state index >= 15 is 0 Å². The van der Waals surface area contributed by atoms with Gasteiger partial charge in [-0.05, 0) is 42.7 Å². The average molecular weight is 441 g/mol. The zero-order valence-electron chi connectivity index (χ0n) is 17.7. The minimum absolute atomic E-state index is 0.0252. The molecule has 2 aromatic carbocycles. The summed E-state index contributed by atoms with van der Waals surface area (Å²) in [6, 6.07) is 15.8. The number of para-hydroxylation sites is 1. The summed E-state index contributed by atoms with van der Waals surface area (Å²) in [4.78, 5) is 31.4. The Morgan fingerprint density at radius 1 is 1.00 bits per heavy atom. The van der Waals surface area contributed by atoms with Crippen LogP contribution in [-0.2, 0) is 16.0 Å². The van der Waals surface area contributed by atoms with E-state index in [9.17, 15) is 9.59 Å². The number of nitrogens with one attached hydrogen (secondary N) is 1. The molecular weight excluding hydrogens is 412 g/mol. The van der Waals surface area contributed by atoms with Gasteiger partial charge in [0.15, 0.2) is 0 Å². The maximum absolute atomic E-state index is 12.5. The summed E-state index contributed by atoms with van der Waals surface area (Å²) in [7, 11) is 0. The Kier molecular flexibility index (Phi) is 7.10. The molecule has 2 aliphatic rings. The van der Waals surface area contributed by atoms with Crippen LogP contribution in [0, 0.1) is 0 Å². The maximum atomic E-state index is 12.5. The molecule has 164 valence electrons. The van der Waals surface area contributed by atoms with Crippen molar-refractivity contribution in [2.45, 2.75) is 19.3 Å². The zero-order valence-corrected chi connectivity index (χ0v) is 18.5. The van der Waals surface area contributed by atoms with Gasteiger partial charge in [-0.1, -0.05) is 35.9 Å². The molecule has 1 N–H and O–H groups in total. The number of anilines is 2. The summed E-state index contributed by atoms with van der Waals surface area (Å²) in [5.74, 6) is -0.0835. The Labute approximate surface area is 188 Å². The first-order valence-corrected chi connectivity index (χ1v) is 11.4. The van der Waals surface area contributed by atoms with Gasteiger partial charge in [-0.25, -0.2) is 0 Å². The molecular formula is C24H29ClN4O2. The lowest BCUT2D eigenvalue weighted by atomic mass is 10.1. The smallest absolute Gasteiger partial charge is 0.240 e. The predicted molar refractivity (Wildman–Crippen MR) is 125 cm³/mol. The topological polar surface area (TPSA) is 55.9 Å². The molecule has 0 saturated carbocycles. The van der Waals surface area contributed by atoms with Crippen LogP contribution in [0.4, 0.5) is 11.4 Å². The Bertz CT molecular complexity index is 927. The lowest BCUT2D eigenvalue weighted by Crippen LogP contribution is -2.49. The number of hydrogen-bond donors (Lipinski definition) is 1. The molecule has 2 amide bonds. The fraction of sp³-hybridized carbons (Fsp3) is 0.417. The number of halogens is 1. The summed E-state index contributed by atoms with van der Waals surface area (Å²) in [5, 5.41) is 3.75. The van der Waals surface area contributed by atoms with E-state index in [-0.39, 0.29) is 18.4 Å². The van der Waals surface area contributed by atoms with Gasteiger partial charge in [0.25, 0.3) is 0 Å². The van der Waals surface area contributed by atoms with Crippen LogP contribution in [0.1, 0.15) is 18.4 Å². The first kappa shape index (κ1) is 21.7. The summed E-state index contributed by atoms with van der Waals surface area (Å²) in [5.41, 5.74) is 3.17. The highest BCUT2D eigenvalue weighted by Gasteiger charge is 2.24. The van der Waals surface area contributed by atoms with Crippen LogP contribution < -0.4 is 15.1 Å². The normalized spacial score (nSPS) is 17.3. The molecule has 6 nitrogen and oxygen atoms in total. The van der Waals surface area contributed by atoms with Crippen LogP contribution in [0.3, 0.4) is 0 Å². The maximum Gasteiger partial charge on any atom is 0.240 e. The Morgan fingerprint density at radius 2 is 1.81 bits per heavy atom. The van der Waals surface area contributed by atoms with Gasteiger partial charge in [0.1, 0.15) is 6.54 Å². The van der Waals surface area contributed by atoms with E-state index in [1.54, 1.807) is 4.90 Å². The third-order valence-electron chi connectivity index (χ3n) is 6.02. The summed E-state index contributed by atoms with van der Waals surface area (Å²) >= 11 is 6.10. The van der Waals surface area contributed by atoms with E-state index in [1.807, 2.05) is 42.5 Å². The monoisotopic (exact) mass is 440 g/mol. The Balaban J connectivity index is 1.23. The van der Waals surface area contributed by atoms with Gasteiger partial charge in [0, 0.05) is 62.1 Å². The third kappa shape index (κ3) is 5.57. The van der Waals surface area contributed by atoms with Crippen LogP contribution in [0.5, 0.6) is 0 Å². The number of hydrogen-bond acceptors (Lipinski definition) is 4. The summed E-state index contributed by atoms with van der Waals surface area (Å²) < 4.78 is 0. The van der Waals surface area contributed by atoms with Gasteiger partial charge in [-0.3, -0.25) is 14.5 Å². The van der Waals surface area contributed by atoms with Crippen molar-refractivity contribution >= 4 is 34.8 Å². The van der Waals surface area contributed by atoms with Crippen molar-refractivity contribution in [3.8, 4) is 0 Å². The number of nitrogens with zero attached hydrogens (tertiary/aromatic N) is 3. The number of fused-ring (bicyclic) bond motifs is 1. The van der Waals surface area contributed by atoms with Crippen molar-refractivity contribution in [1.82, 2.24) is 10.2 Å². The van der Waals surface area contributed by atoms with Crippen molar-refractivity contribution in [2.75, 3.05) is 55.6 Å². The largest absolute Gasteiger partial charge is 0.369 e. The molecule has 0 spiro atoms. The Hall–Kier alpha value is -2.57. The highest BCUT2D eigenvalue weighted by molar-refractivity contribution is 6.30. The molecule has 0 atom stereocenters. The van der Waals surface area contributed by atoms with Gasteiger partial charge in [-0.2, -0.15) is 0 Å².